The second-order valence-electron chi connectivity index (χ2n) is 8.27. The third kappa shape index (κ3) is 2.88. The highest BCUT2D eigenvalue weighted by Crippen LogP contribution is 2.41. The number of pyridine rings is 2. The molecule has 1 aromatic carbocycles. The van der Waals surface area contributed by atoms with Gasteiger partial charge in [0, 0.05) is 35.6 Å². The summed E-state index contributed by atoms with van der Waals surface area (Å²) in [6.45, 7) is 14.4. The summed E-state index contributed by atoms with van der Waals surface area (Å²) in [6, 6.07) is 7.25. The lowest BCUT2D eigenvalue weighted by molar-refractivity contribution is 0.572. The Morgan fingerprint density at radius 2 is 1.68 bits per heavy atom. The molecule has 0 bridgehead atoms. The van der Waals surface area contributed by atoms with Gasteiger partial charge < -0.3 is 4.90 Å². The number of aromatic nitrogens is 2. The van der Waals surface area contributed by atoms with Crippen molar-refractivity contribution >= 4 is 16.7 Å². The zero-order valence-corrected chi connectivity index (χ0v) is 18.1. The summed E-state index contributed by atoms with van der Waals surface area (Å²) in [7, 11) is 0. The number of aryl methyl sites for hydroxylation is 4. The average molecular weight is 374 g/mol. The molecule has 4 rings (SSSR count). The van der Waals surface area contributed by atoms with E-state index in [0.717, 1.165) is 42.5 Å². The maximum absolute atomic E-state index is 5.08. The smallest absolute Gasteiger partial charge is 0.113 e. The number of fused-ring (bicyclic) bond motifs is 3. The first-order valence-corrected chi connectivity index (χ1v) is 10.6. The SMILES string of the molecule is CCC(CC)N1CCc2c(C)nc3c(-c4c(C)cc(C)cc4C)ccnc3c21. The van der Waals surface area contributed by atoms with Crippen LogP contribution in [0.25, 0.3) is 22.2 Å². The highest BCUT2D eigenvalue weighted by Gasteiger charge is 2.29. The molecular weight excluding hydrogens is 342 g/mol. The van der Waals surface area contributed by atoms with E-state index in [2.05, 4.69) is 64.6 Å². The van der Waals surface area contributed by atoms with Crippen LogP contribution in [0, 0.1) is 27.7 Å². The predicted molar refractivity (Wildman–Crippen MR) is 119 cm³/mol. The minimum Gasteiger partial charge on any atom is -0.366 e. The first kappa shape index (κ1) is 18.9. The van der Waals surface area contributed by atoms with Crippen LogP contribution < -0.4 is 4.90 Å². The number of benzene rings is 1. The summed E-state index contributed by atoms with van der Waals surface area (Å²) in [6.07, 6.45) is 5.37. The Morgan fingerprint density at radius 3 is 2.32 bits per heavy atom. The molecule has 1 aliphatic heterocycles. The third-order valence-electron chi connectivity index (χ3n) is 6.37. The van der Waals surface area contributed by atoms with Crippen molar-refractivity contribution in [3.63, 3.8) is 0 Å². The fourth-order valence-electron chi connectivity index (χ4n) is 5.14. The van der Waals surface area contributed by atoms with Crippen LogP contribution in [-0.4, -0.2) is 22.6 Å². The van der Waals surface area contributed by atoms with Crippen LogP contribution in [-0.2, 0) is 6.42 Å². The van der Waals surface area contributed by atoms with Crippen LogP contribution in [0.1, 0.15) is 54.6 Å². The molecule has 0 saturated heterocycles. The average Bonchev–Trinajstić information content (AvgIpc) is 3.09. The normalized spacial score (nSPS) is 13.6. The number of rotatable bonds is 4. The second kappa shape index (κ2) is 7.20. The summed E-state index contributed by atoms with van der Waals surface area (Å²) in [5, 5.41) is 0. The van der Waals surface area contributed by atoms with Crippen molar-refractivity contribution in [2.24, 2.45) is 0 Å². The molecule has 0 amide bonds. The van der Waals surface area contributed by atoms with Gasteiger partial charge in [0.05, 0.1) is 11.2 Å². The molecule has 0 N–H and O–H groups in total. The maximum Gasteiger partial charge on any atom is 0.113 e. The van der Waals surface area contributed by atoms with Gasteiger partial charge >= 0.3 is 0 Å². The summed E-state index contributed by atoms with van der Waals surface area (Å²) in [5.41, 5.74) is 12.4. The van der Waals surface area contributed by atoms with E-state index in [1.165, 1.54) is 39.1 Å². The zero-order chi connectivity index (χ0) is 20.0. The van der Waals surface area contributed by atoms with Gasteiger partial charge in [0.2, 0.25) is 0 Å². The molecule has 0 spiro atoms. The van der Waals surface area contributed by atoms with E-state index in [1.807, 2.05) is 6.20 Å². The second-order valence-corrected chi connectivity index (χ2v) is 8.27. The fourth-order valence-corrected chi connectivity index (χ4v) is 5.14. The molecule has 1 aliphatic rings. The standard InChI is InChI=1S/C25H31N3/c1-7-19(8-2)28-12-10-20-18(6)27-23-21(9-11-26-24(23)25(20)28)22-16(4)13-15(3)14-17(22)5/h9,11,13-14,19H,7-8,10,12H2,1-6H3. The van der Waals surface area contributed by atoms with Gasteiger partial charge in [-0.2, -0.15) is 0 Å². The lowest BCUT2D eigenvalue weighted by atomic mass is 9.93. The Balaban J connectivity index is 2.02. The number of nitrogens with zero attached hydrogens (tertiary/aromatic N) is 3. The Kier molecular flexibility index (Phi) is 4.86. The van der Waals surface area contributed by atoms with E-state index < -0.39 is 0 Å². The molecule has 0 aliphatic carbocycles. The van der Waals surface area contributed by atoms with Crippen LogP contribution in [0.3, 0.4) is 0 Å². The zero-order valence-electron chi connectivity index (χ0n) is 18.1. The monoisotopic (exact) mass is 373 g/mol. The number of anilines is 1. The van der Waals surface area contributed by atoms with Gasteiger partial charge in [-0.25, -0.2) is 0 Å². The summed E-state index contributed by atoms with van der Waals surface area (Å²) in [5.74, 6) is 0. The lowest BCUT2D eigenvalue weighted by Crippen LogP contribution is -2.32. The van der Waals surface area contributed by atoms with Crippen LogP contribution >= 0.6 is 0 Å². The van der Waals surface area contributed by atoms with E-state index in [9.17, 15) is 0 Å². The lowest BCUT2D eigenvalue weighted by Gasteiger charge is -2.29. The third-order valence-corrected chi connectivity index (χ3v) is 6.37. The molecule has 0 saturated carbocycles. The van der Waals surface area contributed by atoms with E-state index in [1.54, 1.807) is 0 Å². The molecule has 0 unspecified atom stereocenters. The Bertz CT molecular complexity index is 1020. The van der Waals surface area contributed by atoms with Gasteiger partial charge in [-0.1, -0.05) is 31.5 Å². The van der Waals surface area contributed by atoms with Gasteiger partial charge in [-0.3, -0.25) is 9.97 Å². The summed E-state index contributed by atoms with van der Waals surface area (Å²) >= 11 is 0. The van der Waals surface area contributed by atoms with Crippen molar-refractivity contribution in [3.05, 3.63) is 52.3 Å². The first-order valence-electron chi connectivity index (χ1n) is 10.6. The molecule has 2 aromatic heterocycles. The van der Waals surface area contributed by atoms with Crippen molar-refractivity contribution in [2.75, 3.05) is 11.4 Å². The number of hydrogen-bond acceptors (Lipinski definition) is 3. The summed E-state index contributed by atoms with van der Waals surface area (Å²) in [4.78, 5) is 12.5. The van der Waals surface area contributed by atoms with Gasteiger partial charge in [0.15, 0.2) is 0 Å². The largest absolute Gasteiger partial charge is 0.366 e. The quantitative estimate of drug-likeness (QED) is 0.555. The van der Waals surface area contributed by atoms with E-state index in [4.69, 9.17) is 9.97 Å². The predicted octanol–water partition coefficient (Wildman–Crippen LogP) is 6.08. The molecule has 3 heteroatoms. The van der Waals surface area contributed by atoms with E-state index in [-0.39, 0.29) is 0 Å². The molecule has 3 heterocycles. The maximum atomic E-state index is 5.08. The van der Waals surface area contributed by atoms with E-state index in [0.29, 0.717) is 6.04 Å². The highest BCUT2D eigenvalue weighted by atomic mass is 15.2. The summed E-state index contributed by atoms with van der Waals surface area (Å²) < 4.78 is 0. The Hall–Kier alpha value is -2.42. The van der Waals surface area contributed by atoms with Gasteiger partial charge in [0.25, 0.3) is 0 Å². The van der Waals surface area contributed by atoms with Gasteiger partial charge in [-0.05, 0) is 69.7 Å². The first-order chi connectivity index (χ1) is 13.5. The van der Waals surface area contributed by atoms with Crippen LogP contribution in [0.2, 0.25) is 0 Å². The van der Waals surface area contributed by atoms with Crippen LogP contribution in [0.15, 0.2) is 24.4 Å². The molecule has 3 aromatic rings. The van der Waals surface area contributed by atoms with Crippen molar-refractivity contribution in [1.82, 2.24) is 9.97 Å². The molecule has 0 atom stereocenters. The molecular formula is C25H31N3. The van der Waals surface area contributed by atoms with Crippen LogP contribution in [0.5, 0.6) is 0 Å². The van der Waals surface area contributed by atoms with Crippen LogP contribution in [0.4, 0.5) is 5.69 Å². The molecule has 3 nitrogen and oxygen atoms in total. The van der Waals surface area contributed by atoms with Gasteiger partial charge in [-0.15, -0.1) is 0 Å². The molecule has 0 fully saturated rings. The van der Waals surface area contributed by atoms with Crippen molar-refractivity contribution in [2.45, 2.75) is 66.8 Å². The minimum absolute atomic E-state index is 0.569. The molecule has 0 radical (unpaired) electrons. The Morgan fingerprint density at radius 1 is 1.00 bits per heavy atom. The van der Waals surface area contributed by atoms with Crippen molar-refractivity contribution in [1.29, 1.82) is 0 Å². The van der Waals surface area contributed by atoms with E-state index >= 15 is 0 Å². The highest BCUT2D eigenvalue weighted by molar-refractivity contribution is 6.01. The molecule has 28 heavy (non-hydrogen) atoms. The van der Waals surface area contributed by atoms with Crippen molar-refractivity contribution in [3.8, 4) is 11.1 Å². The fraction of sp³-hybridized carbons (Fsp3) is 0.440. The molecule has 146 valence electrons. The topological polar surface area (TPSA) is 29.0 Å². The number of hydrogen-bond donors (Lipinski definition) is 0. The van der Waals surface area contributed by atoms with Gasteiger partial charge in [0.1, 0.15) is 5.52 Å². The van der Waals surface area contributed by atoms with Crippen molar-refractivity contribution < 1.29 is 0 Å². The Labute approximate surface area is 168 Å². The minimum atomic E-state index is 0.569.